The molecule has 0 aliphatic heterocycles. The zero-order valence-electron chi connectivity index (χ0n) is 9.04. The van der Waals surface area contributed by atoms with Crippen molar-refractivity contribution < 1.29 is 9.90 Å². The molecule has 0 radical (unpaired) electrons. The second-order valence-corrected chi connectivity index (χ2v) is 4.20. The van der Waals surface area contributed by atoms with Crippen molar-refractivity contribution in [2.24, 2.45) is 5.92 Å². The van der Waals surface area contributed by atoms with Gasteiger partial charge in [0, 0.05) is 0 Å². The van der Waals surface area contributed by atoms with Crippen molar-refractivity contribution in [3.8, 4) is 0 Å². The second kappa shape index (κ2) is 9.38. The molecular weight excluding hydrogens is 196 g/mol. The van der Waals surface area contributed by atoms with Gasteiger partial charge < -0.3 is 5.11 Å². The molecule has 1 unspecified atom stereocenters. The van der Waals surface area contributed by atoms with Gasteiger partial charge in [-0.15, -0.1) is 0 Å². The van der Waals surface area contributed by atoms with Crippen LogP contribution in [0.3, 0.4) is 0 Å². The maximum Gasteiger partial charge on any atom is 0.306 e. The lowest BCUT2D eigenvalue weighted by Crippen LogP contribution is -2.13. The zero-order valence-corrected chi connectivity index (χ0v) is 9.93. The topological polar surface area (TPSA) is 37.3 Å². The summed E-state index contributed by atoms with van der Waals surface area (Å²) in [5.74, 6) is 0.114. The van der Waals surface area contributed by atoms with Gasteiger partial charge in [-0.1, -0.05) is 32.6 Å². The molecule has 3 heteroatoms. The van der Waals surface area contributed by atoms with E-state index < -0.39 is 5.97 Å². The van der Waals surface area contributed by atoms with Crippen molar-refractivity contribution >= 4 is 18.6 Å². The Morgan fingerprint density at radius 1 is 1.21 bits per heavy atom. The molecule has 1 N–H and O–H groups in total. The third kappa shape index (κ3) is 7.25. The summed E-state index contributed by atoms with van der Waals surface area (Å²) < 4.78 is 0. The summed E-state index contributed by atoms with van der Waals surface area (Å²) in [5.41, 5.74) is 0. The Balaban J connectivity index is 3.61. The summed E-state index contributed by atoms with van der Waals surface area (Å²) in [6.07, 6.45) is 7.04. The van der Waals surface area contributed by atoms with Crippen molar-refractivity contribution in [2.45, 2.75) is 51.9 Å². The van der Waals surface area contributed by atoms with Crippen LogP contribution in [0.15, 0.2) is 0 Å². The van der Waals surface area contributed by atoms with E-state index in [1.54, 1.807) is 0 Å². The molecule has 0 saturated heterocycles. The number of aliphatic carboxylic acids is 1. The summed E-state index contributed by atoms with van der Waals surface area (Å²) in [7, 11) is 0. The minimum Gasteiger partial charge on any atom is -0.481 e. The Morgan fingerprint density at radius 2 is 1.79 bits per heavy atom. The van der Waals surface area contributed by atoms with E-state index in [-0.39, 0.29) is 5.92 Å². The minimum absolute atomic E-state index is 0.124. The molecule has 0 aromatic heterocycles. The van der Waals surface area contributed by atoms with E-state index >= 15 is 0 Å². The third-order valence-electron chi connectivity index (χ3n) is 2.47. The first-order chi connectivity index (χ1) is 6.72. The quantitative estimate of drug-likeness (QED) is 0.460. The number of carboxylic acids is 1. The Labute approximate surface area is 92.5 Å². The van der Waals surface area contributed by atoms with Gasteiger partial charge in [-0.25, -0.2) is 0 Å². The van der Waals surface area contributed by atoms with Gasteiger partial charge in [0.1, 0.15) is 0 Å². The Morgan fingerprint density at radius 3 is 2.21 bits per heavy atom. The van der Waals surface area contributed by atoms with Crippen molar-refractivity contribution in [3.63, 3.8) is 0 Å². The standard InChI is InChI=1S/C11H22O2S/c1-2-3-4-7-10(11(12)13)8-5-6-9-14/h10,14H,2-9H2,1H3,(H,12,13). The molecule has 84 valence electrons. The normalized spacial score (nSPS) is 12.7. The predicted molar refractivity (Wildman–Crippen MR) is 63.0 cm³/mol. The van der Waals surface area contributed by atoms with Gasteiger partial charge in [-0.05, 0) is 25.0 Å². The summed E-state index contributed by atoms with van der Waals surface area (Å²) in [6, 6.07) is 0. The molecule has 0 aliphatic carbocycles. The van der Waals surface area contributed by atoms with Crippen molar-refractivity contribution in [3.05, 3.63) is 0 Å². The lowest BCUT2D eigenvalue weighted by molar-refractivity contribution is -0.142. The van der Waals surface area contributed by atoms with E-state index in [1.807, 2.05) is 0 Å². The second-order valence-electron chi connectivity index (χ2n) is 3.75. The lowest BCUT2D eigenvalue weighted by Gasteiger charge is -2.11. The largest absolute Gasteiger partial charge is 0.481 e. The van der Waals surface area contributed by atoms with Crippen LogP contribution in [0.2, 0.25) is 0 Å². The van der Waals surface area contributed by atoms with Crippen LogP contribution in [0.4, 0.5) is 0 Å². The lowest BCUT2D eigenvalue weighted by atomic mass is 9.96. The number of unbranched alkanes of at least 4 members (excludes halogenated alkanes) is 3. The third-order valence-corrected chi connectivity index (χ3v) is 2.78. The van der Waals surface area contributed by atoms with Crippen LogP contribution in [-0.4, -0.2) is 16.8 Å². The highest BCUT2D eigenvalue weighted by molar-refractivity contribution is 7.80. The summed E-state index contributed by atoms with van der Waals surface area (Å²) in [4.78, 5) is 10.9. The number of thiol groups is 1. The highest BCUT2D eigenvalue weighted by Crippen LogP contribution is 2.17. The SMILES string of the molecule is CCCCCC(CCCCS)C(=O)O. The van der Waals surface area contributed by atoms with Gasteiger partial charge in [0.15, 0.2) is 0 Å². The fraction of sp³-hybridized carbons (Fsp3) is 0.909. The van der Waals surface area contributed by atoms with E-state index in [4.69, 9.17) is 5.11 Å². The van der Waals surface area contributed by atoms with Crippen LogP contribution in [0.5, 0.6) is 0 Å². The van der Waals surface area contributed by atoms with Gasteiger partial charge in [0.05, 0.1) is 5.92 Å². The van der Waals surface area contributed by atoms with Crippen LogP contribution in [0.1, 0.15) is 51.9 Å². The molecular formula is C11H22O2S. The van der Waals surface area contributed by atoms with E-state index in [9.17, 15) is 4.79 Å². The summed E-state index contributed by atoms with van der Waals surface area (Å²) in [6.45, 7) is 2.14. The number of carboxylic acid groups (broad SMARTS) is 1. The van der Waals surface area contributed by atoms with Crippen LogP contribution in [-0.2, 0) is 4.79 Å². The Bertz CT molecular complexity index is 138. The molecule has 0 aromatic carbocycles. The minimum atomic E-state index is -0.625. The monoisotopic (exact) mass is 218 g/mol. The molecule has 0 bridgehead atoms. The van der Waals surface area contributed by atoms with Gasteiger partial charge in [-0.3, -0.25) is 4.79 Å². The van der Waals surface area contributed by atoms with Gasteiger partial charge >= 0.3 is 5.97 Å². The van der Waals surface area contributed by atoms with Gasteiger partial charge in [-0.2, -0.15) is 12.6 Å². The van der Waals surface area contributed by atoms with Crippen molar-refractivity contribution in [1.29, 1.82) is 0 Å². The maximum atomic E-state index is 10.9. The smallest absolute Gasteiger partial charge is 0.306 e. The maximum absolute atomic E-state index is 10.9. The molecule has 14 heavy (non-hydrogen) atoms. The number of carbonyl (C=O) groups is 1. The summed E-state index contributed by atoms with van der Waals surface area (Å²) >= 11 is 4.11. The molecule has 0 aliphatic rings. The van der Waals surface area contributed by atoms with Crippen LogP contribution in [0.25, 0.3) is 0 Å². The number of hydrogen-bond donors (Lipinski definition) is 2. The molecule has 0 fully saturated rings. The van der Waals surface area contributed by atoms with Crippen LogP contribution in [0, 0.1) is 5.92 Å². The molecule has 0 rings (SSSR count). The average Bonchev–Trinajstić information content (AvgIpc) is 2.15. The molecule has 0 heterocycles. The van der Waals surface area contributed by atoms with Crippen LogP contribution >= 0.6 is 12.6 Å². The predicted octanol–water partition coefficient (Wildman–Crippen LogP) is 3.37. The highest BCUT2D eigenvalue weighted by Gasteiger charge is 2.15. The first kappa shape index (κ1) is 13.8. The average molecular weight is 218 g/mol. The Kier molecular flexibility index (Phi) is 9.26. The van der Waals surface area contributed by atoms with E-state index in [0.717, 1.165) is 50.7 Å². The van der Waals surface area contributed by atoms with E-state index in [2.05, 4.69) is 19.6 Å². The van der Waals surface area contributed by atoms with Crippen molar-refractivity contribution in [2.75, 3.05) is 5.75 Å². The molecule has 0 amide bonds. The molecule has 2 nitrogen and oxygen atoms in total. The van der Waals surface area contributed by atoms with Crippen molar-refractivity contribution in [1.82, 2.24) is 0 Å². The van der Waals surface area contributed by atoms with Gasteiger partial charge in [0.25, 0.3) is 0 Å². The summed E-state index contributed by atoms with van der Waals surface area (Å²) in [5, 5.41) is 8.95. The molecule has 0 spiro atoms. The number of rotatable bonds is 9. The fourth-order valence-corrected chi connectivity index (χ4v) is 1.76. The van der Waals surface area contributed by atoms with Gasteiger partial charge in [0.2, 0.25) is 0 Å². The van der Waals surface area contributed by atoms with Crippen LogP contribution < -0.4 is 0 Å². The van der Waals surface area contributed by atoms with E-state index in [0.29, 0.717) is 0 Å². The molecule has 1 atom stereocenters. The first-order valence-electron chi connectivity index (χ1n) is 5.56. The molecule has 0 saturated carbocycles. The molecule has 0 aromatic rings. The van der Waals surface area contributed by atoms with E-state index in [1.165, 1.54) is 0 Å². The first-order valence-corrected chi connectivity index (χ1v) is 6.19. The number of hydrogen-bond acceptors (Lipinski definition) is 2. The Hall–Kier alpha value is -0.180. The fourth-order valence-electron chi connectivity index (χ4n) is 1.53. The zero-order chi connectivity index (χ0) is 10.8. The highest BCUT2D eigenvalue weighted by atomic mass is 32.1.